The van der Waals surface area contributed by atoms with Gasteiger partial charge in [-0.3, -0.25) is 0 Å². The largest absolute Gasteiger partial charge is 0.382 e. The topological polar surface area (TPSA) is 65.9 Å². The number of benzene rings is 1. The van der Waals surface area contributed by atoms with Crippen LogP contribution in [0.25, 0.3) is 0 Å². The molecule has 90 valence electrons. The third kappa shape index (κ3) is 1.71. The lowest BCUT2D eigenvalue weighted by Crippen LogP contribution is -2.30. The Bertz CT molecular complexity index is 626. The van der Waals surface area contributed by atoms with Crippen molar-refractivity contribution in [2.24, 2.45) is 0 Å². The van der Waals surface area contributed by atoms with Gasteiger partial charge in [0.05, 0.1) is 0 Å². The van der Waals surface area contributed by atoms with Gasteiger partial charge in [0.2, 0.25) is 0 Å². The van der Waals surface area contributed by atoms with E-state index >= 15 is 0 Å². The molecule has 0 atom stereocenters. The third-order valence-electron chi connectivity index (χ3n) is 3.23. The summed E-state index contributed by atoms with van der Waals surface area (Å²) in [4.78, 5) is 2.19. The number of rotatable bonds is 1. The minimum Gasteiger partial charge on any atom is -0.382 e. The molecular formula is C13H12N4S. The molecule has 0 fully saturated rings. The first kappa shape index (κ1) is 11.1. The van der Waals surface area contributed by atoms with Gasteiger partial charge in [0.25, 0.3) is 0 Å². The lowest BCUT2D eigenvalue weighted by Gasteiger charge is -2.29. The van der Waals surface area contributed by atoms with Crippen molar-refractivity contribution in [2.75, 3.05) is 17.2 Å². The molecule has 0 amide bonds. The summed E-state index contributed by atoms with van der Waals surface area (Å²) in [6, 6.07) is 10.6. The second-order valence-electron chi connectivity index (χ2n) is 4.30. The summed E-state index contributed by atoms with van der Waals surface area (Å²) in [5.41, 5.74) is 8.93. The number of fused-ring (bicyclic) bond motifs is 1. The van der Waals surface area contributed by atoms with Crippen molar-refractivity contribution in [3.05, 3.63) is 41.0 Å². The number of anilines is 2. The Hall–Kier alpha value is -2.06. The molecule has 4 nitrogen and oxygen atoms in total. The van der Waals surface area contributed by atoms with E-state index in [0.717, 1.165) is 24.5 Å². The van der Waals surface area contributed by atoms with Crippen LogP contribution in [0.15, 0.2) is 24.3 Å². The van der Waals surface area contributed by atoms with Gasteiger partial charge in [-0.1, -0.05) is 24.3 Å². The minimum absolute atomic E-state index is 0.344. The fraction of sp³-hybridized carbons (Fsp3) is 0.231. The van der Waals surface area contributed by atoms with Gasteiger partial charge in [-0.15, -0.1) is 0 Å². The second kappa shape index (κ2) is 4.31. The van der Waals surface area contributed by atoms with Gasteiger partial charge in [-0.05, 0) is 29.1 Å². The molecule has 2 heterocycles. The zero-order valence-electron chi connectivity index (χ0n) is 9.76. The molecule has 1 aliphatic rings. The van der Waals surface area contributed by atoms with Gasteiger partial charge in [-0.25, -0.2) is 0 Å². The number of hydrogen-bond acceptors (Lipinski definition) is 5. The molecule has 0 bridgehead atoms. The number of nitrogens with two attached hydrogens (primary N) is 1. The maximum absolute atomic E-state index is 9.12. The summed E-state index contributed by atoms with van der Waals surface area (Å²) in [5, 5.41) is 10.0. The van der Waals surface area contributed by atoms with Gasteiger partial charge in [0.15, 0.2) is 5.82 Å². The van der Waals surface area contributed by atoms with Crippen molar-refractivity contribution in [1.82, 2.24) is 4.37 Å². The number of nitrogen functional groups attached to an aromatic ring is 1. The molecule has 1 aromatic carbocycles. The maximum Gasteiger partial charge on any atom is 0.157 e. The quantitative estimate of drug-likeness (QED) is 0.849. The van der Waals surface area contributed by atoms with E-state index in [0.29, 0.717) is 11.4 Å². The number of hydrogen-bond donors (Lipinski definition) is 1. The first-order chi connectivity index (χ1) is 8.79. The molecule has 2 aromatic rings. The smallest absolute Gasteiger partial charge is 0.157 e. The lowest BCUT2D eigenvalue weighted by atomic mass is 10.00. The highest BCUT2D eigenvalue weighted by Crippen LogP contribution is 2.33. The van der Waals surface area contributed by atoms with Crippen molar-refractivity contribution in [1.29, 1.82) is 5.26 Å². The lowest BCUT2D eigenvalue weighted by molar-refractivity contribution is 0.737. The van der Waals surface area contributed by atoms with E-state index in [1.165, 1.54) is 22.7 Å². The Morgan fingerprint density at radius 3 is 2.89 bits per heavy atom. The molecule has 1 aromatic heterocycles. The minimum atomic E-state index is 0.344. The number of nitrogens with zero attached hydrogens (tertiary/aromatic N) is 3. The van der Waals surface area contributed by atoms with Gasteiger partial charge < -0.3 is 10.6 Å². The van der Waals surface area contributed by atoms with Crippen LogP contribution in [-0.4, -0.2) is 10.9 Å². The molecule has 3 rings (SSSR count). The SMILES string of the molecule is N#Cc1c(N)nsc1N1CCc2ccccc2C1. The van der Waals surface area contributed by atoms with E-state index < -0.39 is 0 Å². The van der Waals surface area contributed by atoms with Crippen LogP contribution in [0.3, 0.4) is 0 Å². The summed E-state index contributed by atoms with van der Waals surface area (Å²) in [6.45, 7) is 1.74. The molecule has 2 N–H and O–H groups in total. The normalized spacial score (nSPS) is 14.1. The maximum atomic E-state index is 9.12. The van der Waals surface area contributed by atoms with Crippen LogP contribution in [0, 0.1) is 11.3 Å². The Kier molecular flexibility index (Phi) is 2.65. The summed E-state index contributed by atoms with van der Waals surface area (Å²) in [6.07, 6.45) is 0.999. The second-order valence-corrected chi connectivity index (χ2v) is 5.05. The zero-order chi connectivity index (χ0) is 12.5. The standard InChI is InChI=1S/C13H12N4S/c14-7-11-12(15)16-18-13(11)17-6-5-9-3-1-2-4-10(9)8-17/h1-4H,5-6,8H2,(H2,15,16). The molecule has 18 heavy (non-hydrogen) atoms. The highest BCUT2D eigenvalue weighted by molar-refractivity contribution is 7.10. The van der Waals surface area contributed by atoms with Gasteiger partial charge in [0.1, 0.15) is 16.6 Å². The highest BCUT2D eigenvalue weighted by Gasteiger charge is 2.21. The first-order valence-corrected chi connectivity index (χ1v) is 6.54. The van der Waals surface area contributed by atoms with Crippen molar-refractivity contribution in [2.45, 2.75) is 13.0 Å². The molecule has 0 aliphatic carbocycles. The first-order valence-electron chi connectivity index (χ1n) is 5.76. The third-order valence-corrected chi connectivity index (χ3v) is 4.15. The average molecular weight is 256 g/mol. The van der Waals surface area contributed by atoms with Crippen LogP contribution in [0.2, 0.25) is 0 Å². The van der Waals surface area contributed by atoms with E-state index in [9.17, 15) is 0 Å². The highest BCUT2D eigenvalue weighted by atomic mass is 32.1. The summed E-state index contributed by atoms with van der Waals surface area (Å²) in [7, 11) is 0. The van der Waals surface area contributed by atoms with Crippen molar-refractivity contribution in [3.8, 4) is 6.07 Å². The molecule has 0 radical (unpaired) electrons. The van der Waals surface area contributed by atoms with Crippen LogP contribution in [0.1, 0.15) is 16.7 Å². The number of nitriles is 1. The molecule has 0 saturated carbocycles. The van der Waals surface area contributed by atoms with E-state index in [2.05, 4.69) is 39.6 Å². The molecule has 0 unspecified atom stereocenters. The number of aromatic nitrogens is 1. The monoisotopic (exact) mass is 256 g/mol. The zero-order valence-corrected chi connectivity index (χ0v) is 10.6. The summed E-state index contributed by atoms with van der Waals surface area (Å²) >= 11 is 1.31. The predicted molar refractivity (Wildman–Crippen MR) is 72.4 cm³/mol. The van der Waals surface area contributed by atoms with Crippen molar-refractivity contribution >= 4 is 22.4 Å². The molecule has 0 spiro atoms. The Morgan fingerprint density at radius 2 is 2.11 bits per heavy atom. The summed E-state index contributed by atoms with van der Waals surface area (Å²) < 4.78 is 4.07. The van der Waals surface area contributed by atoms with E-state index in [4.69, 9.17) is 11.0 Å². The molecule has 1 aliphatic heterocycles. The van der Waals surface area contributed by atoms with E-state index in [1.54, 1.807) is 0 Å². The predicted octanol–water partition coefficient (Wildman–Crippen LogP) is 2.16. The van der Waals surface area contributed by atoms with Crippen molar-refractivity contribution in [3.63, 3.8) is 0 Å². The van der Waals surface area contributed by atoms with Crippen LogP contribution in [0.4, 0.5) is 10.8 Å². The van der Waals surface area contributed by atoms with E-state index in [1.807, 2.05) is 0 Å². The van der Waals surface area contributed by atoms with Crippen molar-refractivity contribution < 1.29 is 0 Å². The van der Waals surface area contributed by atoms with Gasteiger partial charge in [0, 0.05) is 13.1 Å². The van der Waals surface area contributed by atoms with Crippen LogP contribution in [0.5, 0.6) is 0 Å². The molecular weight excluding hydrogens is 244 g/mol. The Balaban J connectivity index is 1.95. The van der Waals surface area contributed by atoms with Crippen LogP contribution in [-0.2, 0) is 13.0 Å². The fourth-order valence-corrected chi connectivity index (χ4v) is 3.07. The van der Waals surface area contributed by atoms with Crippen LogP contribution < -0.4 is 10.6 Å². The fourth-order valence-electron chi connectivity index (χ4n) is 2.28. The molecule has 5 heteroatoms. The Morgan fingerprint density at radius 1 is 1.33 bits per heavy atom. The van der Waals surface area contributed by atoms with Crippen LogP contribution >= 0.6 is 11.5 Å². The van der Waals surface area contributed by atoms with Gasteiger partial charge in [-0.2, -0.15) is 9.64 Å². The molecule has 0 saturated heterocycles. The van der Waals surface area contributed by atoms with Gasteiger partial charge >= 0.3 is 0 Å². The Labute approximate surface area is 109 Å². The van der Waals surface area contributed by atoms with E-state index in [-0.39, 0.29) is 0 Å². The average Bonchev–Trinajstić information content (AvgIpc) is 2.79. The summed E-state index contributed by atoms with van der Waals surface area (Å²) in [5.74, 6) is 0.344.